The van der Waals surface area contributed by atoms with Crippen molar-refractivity contribution in [2.45, 2.75) is 5.16 Å². The van der Waals surface area contributed by atoms with Crippen LogP contribution in [0.5, 0.6) is 5.75 Å². The average molecular weight is 421 g/mol. The Labute approximate surface area is 170 Å². The van der Waals surface area contributed by atoms with Crippen molar-refractivity contribution < 1.29 is 13.2 Å². The molecule has 0 N–H and O–H groups in total. The molecule has 0 aliphatic carbocycles. The molecule has 0 radical (unpaired) electrons. The molecule has 3 heterocycles. The molecule has 0 unspecified atom stereocenters. The van der Waals surface area contributed by atoms with Crippen molar-refractivity contribution in [2.24, 2.45) is 0 Å². The van der Waals surface area contributed by atoms with Crippen molar-refractivity contribution in [3.8, 4) is 11.4 Å². The fourth-order valence-corrected chi connectivity index (χ4v) is 3.92. The number of benzene rings is 2. The molecule has 2 aromatic carbocycles. The summed E-state index contributed by atoms with van der Waals surface area (Å²) in [6.07, 6.45) is 2.26. The van der Waals surface area contributed by atoms with Gasteiger partial charge in [0.15, 0.2) is 5.65 Å². The summed E-state index contributed by atoms with van der Waals surface area (Å²) >= 11 is 0. The third-order valence-corrected chi connectivity index (χ3v) is 5.64. The fourth-order valence-electron chi connectivity index (χ4n) is 3.42. The van der Waals surface area contributed by atoms with Gasteiger partial charge in [0.05, 0.1) is 23.8 Å². The van der Waals surface area contributed by atoms with Gasteiger partial charge in [0.2, 0.25) is 20.8 Å². The van der Waals surface area contributed by atoms with Crippen LogP contribution in [0.3, 0.4) is 0 Å². The van der Waals surface area contributed by atoms with E-state index in [1.54, 1.807) is 35.8 Å². The van der Waals surface area contributed by atoms with Crippen molar-refractivity contribution >= 4 is 37.7 Å². The van der Waals surface area contributed by atoms with E-state index in [4.69, 9.17) is 4.74 Å². The summed E-state index contributed by atoms with van der Waals surface area (Å²) in [7, 11) is -2.12. The van der Waals surface area contributed by atoms with E-state index >= 15 is 0 Å². The van der Waals surface area contributed by atoms with Crippen molar-refractivity contribution in [1.82, 2.24) is 23.9 Å². The predicted molar refractivity (Wildman–Crippen MR) is 111 cm³/mol. The SMILES string of the molecule is COc1cccc(-n2c(=O)c3cnc(S(C)(=O)=O)nc3n3c4ccccc4nc23)c1. The quantitative estimate of drug-likeness (QED) is 0.410. The molecule has 30 heavy (non-hydrogen) atoms. The Kier molecular flexibility index (Phi) is 3.87. The summed E-state index contributed by atoms with van der Waals surface area (Å²) in [5, 5.41) is -0.187. The first-order valence-electron chi connectivity index (χ1n) is 8.92. The third-order valence-electron chi connectivity index (χ3n) is 4.78. The third kappa shape index (κ3) is 2.65. The van der Waals surface area contributed by atoms with Crippen LogP contribution in [0.2, 0.25) is 0 Å². The lowest BCUT2D eigenvalue weighted by Gasteiger charge is -2.12. The van der Waals surface area contributed by atoms with Crippen LogP contribution in [0.15, 0.2) is 64.7 Å². The minimum Gasteiger partial charge on any atom is -0.497 e. The largest absolute Gasteiger partial charge is 0.497 e. The number of rotatable bonds is 3. The number of aromatic nitrogens is 5. The summed E-state index contributed by atoms with van der Waals surface area (Å²) in [5.74, 6) is 0.887. The Hall–Kier alpha value is -3.79. The van der Waals surface area contributed by atoms with Gasteiger partial charge in [0, 0.05) is 18.5 Å². The molecule has 10 heteroatoms. The van der Waals surface area contributed by atoms with Crippen molar-refractivity contribution in [3.05, 3.63) is 65.1 Å². The normalized spacial score (nSPS) is 12.1. The Morgan fingerprint density at radius 1 is 1.03 bits per heavy atom. The molecule has 0 atom stereocenters. The standard InChI is InChI=1S/C20H15N5O4S/c1-29-13-7-5-6-12(10-13)24-18(26)14-11-21-19(30(2,27)28)23-17(14)25-16-9-4-3-8-15(16)22-20(24)25/h3-11H,1-2H3. The highest BCUT2D eigenvalue weighted by Crippen LogP contribution is 2.24. The van der Waals surface area contributed by atoms with E-state index in [2.05, 4.69) is 15.0 Å². The zero-order chi connectivity index (χ0) is 21.0. The number of hydrogen-bond donors (Lipinski definition) is 0. The molecule has 3 aromatic heterocycles. The van der Waals surface area contributed by atoms with Crippen LogP contribution in [-0.4, -0.2) is 45.7 Å². The van der Waals surface area contributed by atoms with Gasteiger partial charge in [0.25, 0.3) is 5.56 Å². The van der Waals surface area contributed by atoms with Crippen LogP contribution < -0.4 is 10.3 Å². The number of para-hydroxylation sites is 2. The second kappa shape index (κ2) is 6.36. The van der Waals surface area contributed by atoms with Gasteiger partial charge in [-0.05, 0) is 24.3 Å². The number of nitrogens with zero attached hydrogens (tertiary/aromatic N) is 5. The van der Waals surface area contributed by atoms with Gasteiger partial charge in [-0.2, -0.15) is 4.98 Å². The van der Waals surface area contributed by atoms with E-state index in [9.17, 15) is 13.2 Å². The first-order chi connectivity index (χ1) is 14.4. The molecule has 5 rings (SSSR count). The topological polar surface area (TPSA) is 108 Å². The summed E-state index contributed by atoms with van der Waals surface area (Å²) in [5.41, 5.74) is 1.64. The maximum absolute atomic E-state index is 13.4. The fraction of sp³-hybridized carbons (Fsp3) is 0.100. The van der Waals surface area contributed by atoms with E-state index in [0.717, 1.165) is 6.26 Å². The second-order valence-electron chi connectivity index (χ2n) is 6.74. The molecule has 0 spiro atoms. The van der Waals surface area contributed by atoms with Gasteiger partial charge < -0.3 is 4.74 Å². The Balaban J connectivity index is 2.03. The van der Waals surface area contributed by atoms with E-state index < -0.39 is 15.4 Å². The summed E-state index contributed by atoms with van der Waals surface area (Å²) < 4.78 is 32.4. The Bertz CT molecular complexity index is 1640. The molecule has 9 nitrogen and oxygen atoms in total. The van der Waals surface area contributed by atoms with Gasteiger partial charge in [0.1, 0.15) is 11.1 Å². The van der Waals surface area contributed by atoms with Gasteiger partial charge >= 0.3 is 0 Å². The molecule has 0 fully saturated rings. The molecule has 0 aliphatic rings. The molecule has 0 amide bonds. The number of imidazole rings is 1. The lowest BCUT2D eigenvalue weighted by Crippen LogP contribution is -2.23. The summed E-state index contributed by atoms with van der Waals surface area (Å²) in [4.78, 5) is 26.2. The van der Waals surface area contributed by atoms with Crippen molar-refractivity contribution in [1.29, 1.82) is 0 Å². The van der Waals surface area contributed by atoms with E-state index in [0.29, 0.717) is 28.2 Å². The van der Waals surface area contributed by atoms with Gasteiger partial charge in [-0.15, -0.1) is 0 Å². The Morgan fingerprint density at radius 2 is 1.83 bits per heavy atom. The molecule has 5 aromatic rings. The minimum atomic E-state index is -3.66. The predicted octanol–water partition coefficient (Wildman–Crippen LogP) is 1.99. The molecule has 0 saturated heterocycles. The molecule has 0 bridgehead atoms. The van der Waals surface area contributed by atoms with Crippen LogP contribution in [0.25, 0.3) is 33.5 Å². The number of hydrogen-bond acceptors (Lipinski definition) is 7. The molecular formula is C20H15N5O4S. The van der Waals surface area contributed by atoms with Crippen LogP contribution in [0.1, 0.15) is 0 Å². The van der Waals surface area contributed by atoms with E-state index in [-0.39, 0.29) is 16.2 Å². The molecular weight excluding hydrogens is 406 g/mol. The zero-order valence-corrected chi connectivity index (χ0v) is 16.8. The molecule has 0 aliphatic heterocycles. The van der Waals surface area contributed by atoms with Crippen LogP contribution in [0.4, 0.5) is 0 Å². The summed E-state index contributed by atoms with van der Waals surface area (Å²) in [6, 6.07) is 14.3. The number of methoxy groups -OCH3 is 1. The van der Waals surface area contributed by atoms with E-state index in [1.807, 2.05) is 24.3 Å². The average Bonchev–Trinajstić information content (AvgIpc) is 3.12. The maximum atomic E-state index is 13.4. The second-order valence-corrected chi connectivity index (χ2v) is 8.65. The molecule has 0 saturated carbocycles. The highest BCUT2D eigenvalue weighted by atomic mass is 32.2. The zero-order valence-electron chi connectivity index (χ0n) is 16.0. The first-order valence-corrected chi connectivity index (χ1v) is 10.8. The maximum Gasteiger partial charge on any atom is 0.270 e. The minimum absolute atomic E-state index is 0.167. The summed E-state index contributed by atoms with van der Waals surface area (Å²) in [6.45, 7) is 0. The Morgan fingerprint density at radius 3 is 2.60 bits per heavy atom. The van der Waals surface area contributed by atoms with E-state index in [1.165, 1.54) is 10.8 Å². The number of fused-ring (bicyclic) bond motifs is 5. The highest BCUT2D eigenvalue weighted by molar-refractivity contribution is 7.90. The monoisotopic (exact) mass is 421 g/mol. The smallest absolute Gasteiger partial charge is 0.270 e. The van der Waals surface area contributed by atoms with Gasteiger partial charge in [-0.1, -0.05) is 18.2 Å². The number of sulfone groups is 1. The number of ether oxygens (including phenoxy) is 1. The highest BCUT2D eigenvalue weighted by Gasteiger charge is 2.21. The molecule has 150 valence electrons. The lowest BCUT2D eigenvalue weighted by atomic mass is 10.3. The lowest BCUT2D eigenvalue weighted by molar-refractivity contribution is 0.414. The van der Waals surface area contributed by atoms with Crippen LogP contribution in [0, 0.1) is 0 Å². The van der Waals surface area contributed by atoms with Crippen molar-refractivity contribution in [3.63, 3.8) is 0 Å². The van der Waals surface area contributed by atoms with Crippen molar-refractivity contribution in [2.75, 3.05) is 13.4 Å². The first kappa shape index (κ1) is 18.3. The van der Waals surface area contributed by atoms with Crippen LogP contribution >= 0.6 is 0 Å². The van der Waals surface area contributed by atoms with Gasteiger partial charge in [-0.3, -0.25) is 9.20 Å². The van der Waals surface area contributed by atoms with Gasteiger partial charge in [-0.25, -0.2) is 23.0 Å². The van der Waals surface area contributed by atoms with Crippen LogP contribution in [-0.2, 0) is 9.84 Å².